The molecule has 4 heteroatoms. The molecule has 2 aromatic rings. The highest BCUT2D eigenvalue weighted by molar-refractivity contribution is 5.90. The van der Waals surface area contributed by atoms with Crippen LogP contribution in [0.15, 0.2) is 36.5 Å². The Morgan fingerprint density at radius 1 is 1.24 bits per heavy atom. The molecule has 0 fully saturated rings. The van der Waals surface area contributed by atoms with Crippen molar-refractivity contribution in [2.75, 3.05) is 7.11 Å². The van der Waals surface area contributed by atoms with Gasteiger partial charge in [0.05, 0.1) is 12.8 Å². The number of hydrogen-bond acceptors (Lipinski definition) is 4. The molecule has 2 rings (SSSR count). The highest BCUT2D eigenvalue weighted by Crippen LogP contribution is 2.27. The molecule has 17 heavy (non-hydrogen) atoms. The number of carbonyl (C=O) groups excluding carboxylic acids is 1. The number of aromatic nitrogens is 2. The van der Waals surface area contributed by atoms with Crippen LogP contribution in [0.3, 0.4) is 0 Å². The van der Waals surface area contributed by atoms with E-state index in [0.29, 0.717) is 5.69 Å². The Morgan fingerprint density at radius 3 is 2.71 bits per heavy atom. The Kier molecular flexibility index (Phi) is 3.14. The van der Waals surface area contributed by atoms with Gasteiger partial charge in [0.2, 0.25) is 0 Å². The van der Waals surface area contributed by atoms with Gasteiger partial charge in [0, 0.05) is 18.7 Å². The fraction of sp³-hybridized carbons (Fsp3) is 0.154. The van der Waals surface area contributed by atoms with Crippen molar-refractivity contribution in [3.63, 3.8) is 0 Å². The van der Waals surface area contributed by atoms with Crippen LogP contribution in [0.25, 0.3) is 11.3 Å². The smallest absolute Gasteiger partial charge is 0.196 e. The van der Waals surface area contributed by atoms with E-state index in [1.54, 1.807) is 19.4 Å². The predicted octanol–water partition coefficient (Wildman–Crippen LogP) is 2.35. The van der Waals surface area contributed by atoms with Crippen molar-refractivity contribution in [3.8, 4) is 17.0 Å². The topological polar surface area (TPSA) is 52.1 Å². The second-order valence-corrected chi connectivity index (χ2v) is 3.52. The fourth-order valence-corrected chi connectivity index (χ4v) is 1.53. The van der Waals surface area contributed by atoms with E-state index in [9.17, 15) is 4.79 Å². The van der Waals surface area contributed by atoms with E-state index in [2.05, 4.69) is 9.97 Å². The molecule has 0 aliphatic carbocycles. The number of para-hydroxylation sites is 1. The molecule has 0 saturated carbocycles. The van der Waals surface area contributed by atoms with Crippen molar-refractivity contribution in [2.45, 2.75) is 6.92 Å². The van der Waals surface area contributed by atoms with E-state index in [1.165, 1.54) is 6.92 Å². The number of carbonyl (C=O) groups is 1. The normalized spacial score (nSPS) is 10.0. The van der Waals surface area contributed by atoms with Gasteiger partial charge in [-0.1, -0.05) is 12.1 Å². The Labute approximate surface area is 99.3 Å². The van der Waals surface area contributed by atoms with E-state index in [4.69, 9.17) is 4.74 Å². The molecule has 0 amide bonds. The summed E-state index contributed by atoms with van der Waals surface area (Å²) >= 11 is 0. The Bertz CT molecular complexity index is 553. The van der Waals surface area contributed by atoms with E-state index in [-0.39, 0.29) is 11.6 Å². The average molecular weight is 228 g/mol. The standard InChI is InChI=1S/C13H12N2O2/c1-9(16)13-14-8-7-11(15-13)10-5-3-4-6-12(10)17-2/h3-8H,1-2H3. The van der Waals surface area contributed by atoms with Crippen LogP contribution < -0.4 is 4.74 Å². The first kappa shape index (κ1) is 11.3. The van der Waals surface area contributed by atoms with Crippen molar-refractivity contribution >= 4 is 5.78 Å². The number of nitrogens with zero attached hydrogens (tertiary/aromatic N) is 2. The SMILES string of the molecule is COc1ccccc1-c1ccnc(C(C)=O)n1. The van der Waals surface area contributed by atoms with Gasteiger partial charge in [0.1, 0.15) is 5.75 Å². The third-order valence-electron chi connectivity index (χ3n) is 2.35. The molecule has 0 atom stereocenters. The van der Waals surface area contributed by atoms with Gasteiger partial charge in [-0.2, -0.15) is 0 Å². The monoisotopic (exact) mass is 228 g/mol. The van der Waals surface area contributed by atoms with Crippen LogP contribution in [-0.4, -0.2) is 22.9 Å². The summed E-state index contributed by atoms with van der Waals surface area (Å²) in [5.41, 5.74) is 1.53. The van der Waals surface area contributed by atoms with Crippen LogP contribution in [0.2, 0.25) is 0 Å². The van der Waals surface area contributed by atoms with Gasteiger partial charge in [-0.3, -0.25) is 4.79 Å². The van der Waals surface area contributed by atoms with E-state index in [1.807, 2.05) is 24.3 Å². The van der Waals surface area contributed by atoms with Gasteiger partial charge in [0.25, 0.3) is 0 Å². The average Bonchev–Trinajstić information content (AvgIpc) is 2.39. The molecule has 86 valence electrons. The minimum Gasteiger partial charge on any atom is -0.496 e. The third kappa shape index (κ3) is 2.30. The zero-order valence-electron chi connectivity index (χ0n) is 9.68. The molecule has 1 aromatic heterocycles. The predicted molar refractivity (Wildman–Crippen MR) is 64.0 cm³/mol. The van der Waals surface area contributed by atoms with Crippen molar-refractivity contribution in [3.05, 3.63) is 42.4 Å². The van der Waals surface area contributed by atoms with Gasteiger partial charge >= 0.3 is 0 Å². The van der Waals surface area contributed by atoms with Crippen molar-refractivity contribution in [2.24, 2.45) is 0 Å². The molecule has 0 bridgehead atoms. The lowest BCUT2D eigenvalue weighted by Crippen LogP contribution is -2.01. The number of hydrogen-bond donors (Lipinski definition) is 0. The molecule has 0 unspecified atom stereocenters. The van der Waals surface area contributed by atoms with Crippen LogP contribution in [-0.2, 0) is 0 Å². The number of rotatable bonds is 3. The summed E-state index contributed by atoms with van der Waals surface area (Å²) in [5, 5.41) is 0. The van der Waals surface area contributed by atoms with Crippen molar-refractivity contribution < 1.29 is 9.53 Å². The maximum absolute atomic E-state index is 11.2. The van der Waals surface area contributed by atoms with Crippen LogP contribution in [0.4, 0.5) is 0 Å². The van der Waals surface area contributed by atoms with E-state index < -0.39 is 0 Å². The van der Waals surface area contributed by atoms with E-state index in [0.717, 1.165) is 11.3 Å². The van der Waals surface area contributed by atoms with Gasteiger partial charge < -0.3 is 4.74 Å². The lowest BCUT2D eigenvalue weighted by Gasteiger charge is -2.07. The first-order valence-electron chi connectivity index (χ1n) is 5.19. The van der Waals surface area contributed by atoms with Gasteiger partial charge in [-0.05, 0) is 18.2 Å². The summed E-state index contributed by atoms with van der Waals surface area (Å²) in [7, 11) is 1.60. The number of Topliss-reactive ketones (excluding diaryl/α,β-unsaturated/α-hetero) is 1. The molecule has 1 aromatic carbocycles. The van der Waals surface area contributed by atoms with Crippen molar-refractivity contribution in [1.82, 2.24) is 9.97 Å². The summed E-state index contributed by atoms with van der Waals surface area (Å²) in [6.45, 7) is 1.45. The maximum Gasteiger partial charge on any atom is 0.196 e. The first-order valence-corrected chi connectivity index (χ1v) is 5.19. The summed E-state index contributed by atoms with van der Waals surface area (Å²) in [6, 6.07) is 9.28. The summed E-state index contributed by atoms with van der Waals surface area (Å²) in [5.74, 6) is 0.788. The minimum absolute atomic E-state index is 0.151. The van der Waals surface area contributed by atoms with Crippen molar-refractivity contribution in [1.29, 1.82) is 0 Å². The van der Waals surface area contributed by atoms with Crippen LogP contribution in [0.5, 0.6) is 5.75 Å². The number of ketones is 1. The number of benzene rings is 1. The molecule has 1 heterocycles. The summed E-state index contributed by atoms with van der Waals surface area (Å²) in [6.07, 6.45) is 1.57. The molecule has 0 spiro atoms. The second kappa shape index (κ2) is 4.74. The van der Waals surface area contributed by atoms with Gasteiger partial charge in [-0.25, -0.2) is 9.97 Å². The first-order chi connectivity index (χ1) is 8.22. The summed E-state index contributed by atoms with van der Waals surface area (Å²) < 4.78 is 5.25. The molecule has 0 saturated heterocycles. The van der Waals surface area contributed by atoms with E-state index >= 15 is 0 Å². The molecule has 0 radical (unpaired) electrons. The largest absolute Gasteiger partial charge is 0.496 e. The quantitative estimate of drug-likeness (QED) is 0.757. The fourth-order valence-electron chi connectivity index (χ4n) is 1.53. The molecule has 0 aliphatic rings. The van der Waals surface area contributed by atoms with Crippen LogP contribution in [0.1, 0.15) is 17.5 Å². The lowest BCUT2D eigenvalue weighted by molar-refractivity contribution is 0.100. The number of ether oxygens (including phenoxy) is 1. The highest BCUT2D eigenvalue weighted by Gasteiger charge is 2.09. The molecular weight excluding hydrogens is 216 g/mol. The molecule has 4 nitrogen and oxygen atoms in total. The third-order valence-corrected chi connectivity index (χ3v) is 2.35. The lowest BCUT2D eigenvalue weighted by atomic mass is 10.1. The Hall–Kier alpha value is -2.23. The molecular formula is C13H12N2O2. The van der Waals surface area contributed by atoms with Crippen LogP contribution in [0, 0.1) is 0 Å². The van der Waals surface area contributed by atoms with Gasteiger partial charge in [-0.15, -0.1) is 0 Å². The summed E-state index contributed by atoms with van der Waals surface area (Å²) in [4.78, 5) is 19.4. The number of methoxy groups -OCH3 is 1. The Morgan fingerprint density at radius 2 is 2.00 bits per heavy atom. The zero-order valence-corrected chi connectivity index (χ0v) is 9.68. The Balaban J connectivity index is 2.52. The maximum atomic E-state index is 11.2. The zero-order chi connectivity index (χ0) is 12.3. The van der Waals surface area contributed by atoms with Crippen LogP contribution >= 0.6 is 0 Å². The second-order valence-electron chi connectivity index (χ2n) is 3.52. The highest BCUT2D eigenvalue weighted by atomic mass is 16.5. The van der Waals surface area contributed by atoms with Gasteiger partial charge in [0.15, 0.2) is 11.6 Å². The molecule has 0 N–H and O–H groups in total. The minimum atomic E-state index is -0.151. The molecule has 0 aliphatic heterocycles.